The fraction of sp³-hybridized carbons (Fsp3) is 0.200. The van der Waals surface area contributed by atoms with Crippen LogP contribution in [0.5, 0.6) is 0 Å². The van der Waals surface area contributed by atoms with E-state index in [4.69, 9.17) is 5.73 Å². The van der Waals surface area contributed by atoms with E-state index < -0.39 is 6.04 Å². The number of nitrogens with two attached hydrogens (primary N) is 1. The monoisotopic (exact) mass is 304 g/mol. The van der Waals surface area contributed by atoms with E-state index in [1.165, 1.54) is 18.4 Å². The molecule has 1 aromatic heterocycles. The minimum atomic E-state index is -0.451. The summed E-state index contributed by atoms with van der Waals surface area (Å²) < 4.78 is 4.69. The third-order valence-corrected chi connectivity index (χ3v) is 3.86. The molecular formula is C15H16N2O3S. The fourth-order valence-electron chi connectivity index (χ4n) is 1.87. The first-order valence-electron chi connectivity index (χ1n) is 6.36. The van der Waals surface area contributed by atoms with E-state index in [-0.39, 0.29) is 18.3 Å². The smallest absolute Gasteiger partial charge is 0.307 e. The number of thiophene rings is 1. The minimum absolute atomic E-state index is 0.0670. The zero-order valence-electron chi connectivity index (χ0n) is 11.5. The van der Waals surface area contributed by atoms with Crippen LogP contribution in [0.1, 0.15) is 27.7 Å². The maximum Gasteiger partial charge on any atom is 0.307 e. The Morgan fingerprint density at radius 2 is 2.00 bits per heavy atom. The van der Waals surface area contributed by atoms with Gasteiger partial charge in [-0.15, -0.1) is 11.3 Å². The van der Waals surface area contributed by atoms with Crippen molar-refractivity contribution in [3.63, 3.8) is 0 Å². The number of carbonyl (C=O) groups excluding carboxylic acids is 2. The Balaban J connectivity index is 2.17. The van der Waals surface area contributed by atoms with Crippen LogP contribution in [0.3, 0.4) is 0 Å². The van der Waals surface area contributed by atoms with Crippen LogP contribution in [0.2, 0.25) is 0 Å². The molecule has 1 unspecified atom stereocenters. The summed E-state index contributed by atoms with van der Waals surface area (Å²) in [5.74, 6) is -0.598. The van der Waals surface area contributed by atoms with Gasteiger partial charge in [0.2, 0.25) is 0 Å². The van der Waals surface area contributed by atoms with Gasteiger partial charge in [0.05, 0.1) is 24.4 Å². The summed E-state index contributed by atoms with van der Waals surface area (Å²) in [4.78, 5) is 24.3. The largest absolute Gasteiger partial charge is 0.469 e. The first-order chi connectivity index (χ1) is 10.1. The van der Waals surface area contributed by atoms with Crippen LogP contribution in [0.25, 0.3) is 0 Å². The number of ether oxygens (including phenoxy) is 1. The lowest BCUT2D eigenvalue weighted by Crippen LogP contribution is -2.30. The normalized spacial score (nSPS) is 11.7. The highest BCUT2D eigenvalue weighted by atomic mass is 32.1. The molecule has 3 N–H and O–H groups in total. The standard InChI is InChI=1S/C15H16N2O3S/c1-20-14(18)9-12(10-4-6-11(16)7-5-10)17-15(19)13-3-2-8-21-13/h2-8,12H,9,16H2,1H3,(H,17,19). The number of carbonyl (C=O) groups is 2. The SMILES string of the molecule is COC(=O)CC(NC(=O)c1cccs1)c1ccc(N)cc1. The molecule has 1 aromatic carbocycles. The van der Waals surface area contributed by atoms with E-state index >= 15 is 0 Å². The number of benzene rings is 1. The zero-order chi connectivity index (χ0) is 15.2. The molecule has 0 radical (unpaired) electrons. The van der Waals surface area contributed by atoms with Crippen molar-refractivity contribution in [1.82, 2.24) is 5.32 Å². The Morgan fingerprint density at radius 3 is 2.57 bits per heavy atom. The molecular weight excluding hydrogens is 288 g/mol. The third kappa shape index (κ3) is 4.06. The number of hydrogen-bond acceptors (Lipinski definition) is 5. The summed E-state index contributed by atoms with van der Waals surface area (Å²) in [5, 5.41) is 4.68. The van der Waals surface area contributed by atoms with Crippen molar-refractivity contribution in [2.24, 2.45) is 0 Å². The van der Waals surface area contributed by atoms with Crippen LogP contribution in [-0.4, -0.2) is 19.0 Å². The van der Waals surface area contributed by atoms with Crippen LogP contribution in [0, 0.1) is 0 Å². The second-order valence-corrected chi connectivity index (χ2v) is 5.40. The number of hydrogen-bond donors (Lipinski definition) is 2. The average molecular weight is 304 g/mol. The molecule has 2 rings (SSSR count). The van der Waals surface area contributed by atoms with Gasteiger partial charge < -0.3 is 15.8 Å². The van der Waals surface area contributed by atoms with Gasteiger partial charge in [-0.3, -0.25) is 9.59 Å². The molecule has 21 heavy (non-hydrogen) atoms. The van der Waals surface area contributed by atoms with Crippen molar-refractivity contribution in [2.45, 2.75) is 12.5 Å². The number of nitrogen functional groups attached to an aromatic ring is 1. The second kappa shape index (κ2) is 6.90. The second-order valence-electron chi connectivity index (χ2n) is 4.45. The Morgan fingerprint density at radius 1 is 1.29 bits per heavy atom. The summed E-state index contributed by atoms with van der Waals surface area (Å²) in [6, 6.07) is 10.1. The van der Waals surface area contributed by atoms with E-state index in [1.807, 2.05) is 5.38 Å². The summed E-state index contributed by atoms with van der Waals surface area (Å²) in [6.07, 6.45) is 0.0670. The van der Waals surface area contributed by atoms with E-state index in [0.29, 0.717) is 10.6 Å². The minimum Gasteiger partial charge on any atom is -0.469 e. The van der Waals surface area contributed by atoms with Crippen molar-refractivity contribution in [3.8, 4) is 0 Å². The van der Waals surface area contributed by atoms with E-state index in [1.54, 1.807) is 36.4 Å². The Hall–Kier alpha value is -2.34. The Bertz CT molecular complexity index is 608. The van der Waals surface area contributed by atoms with Crippen molar-refractivity contribution in [2.75, 3.05) is 12.8 Å². The first kappa shape index (κ1) is 15.1. The van der Waals surface area contributed by atoms with E-state index in [2.05, 4.69) is 10.1 Å². The lowest BCUT2D eigenvalue weighted by atomic mass is 10.0. The summed E-state index contributed by atoms with van der Waals surface area (Å²) >= 11 is 1.35. The fourth-order valence-corrected chi connectivity index (χ4v) is 2.49. The number of amides is 1. The van der Waals surface area contributed by atoms with Crippen molar-refractivity contribution in [1.29, 1.82) is 0 Å². The quantitative estimate of drug-likeness (QED) is 0.656. The van der Waals surface area contributed by atoms with Crippen LogP contribution < -0.4 is 11.1 Å². The lowest BCUT2D eigenvalue weighted by molar-refractivity contribution is -0.141. The molecule has 2 aromatic rings. The van der Waals surface area contributed by atoms with Gasteiger partial charge in [0, 0.05) is 5.69 Å². The molecule has 0 aliphatic carbocycles. The van der Waals surface area contributed by atoms with E-state index in [0.717, 1.165) is 5.56 Å². The van der Waals surface area contributed by atoms with Crippen molar-refractivity contribution >= 4 is 28.9 Å². The van der Waals surface area contributed by atoms with Crippen LogP contribution in [-0.2, 0) is 9.53 Å². The van der Waals surface area contributed by atoms with Crippen LogP contribution in [0.15, 0.2) is 41.8 Å². The predicted molar refractivity (Wildman–Crippen MR) is 82.0 cm³/mol. The molecule has 1 heterocycles. The summed E-state index contributed by atoms with van der Waals surface area (Å²) in [5.41, 5.74) is 7.09. The summed E-state index contributed by atoms with van der Waals surface area (Å²) in [7, 11) is 1.32. The molecule has 0 saturated carbocycles. The summed E-state index contributed by atoms with van der Waals surface area (Å²) in [6.45, 7) is 0. The third-order valence-electron chi connectivity index (χ3n) is 2.99. The molecule has 5 nitrogen and oxygen atoms in total. The van der Waals surface area contributed by atoms with Crippen molar-refractivity contribution < 1.29 is 14.3 Å². The molecule has 110 valence electrons. The number of methoxy groups -OCH3 is 1. The zero-order valence-corrected chi connectivity index (χ0v) is 12.4. The van der Waals surface area contributed by atoms with Gasteiger partial charge >= 0.3 is 5.97 Å². The molecule has 0 fully saturated rings. The highest BCUT2D eigenvalue weighted by molar-refractivity contribution is 7.12. The molecule has 1 atom stereocenters. The molecule has 0 spiro atoms. The van der Waals surface area contributed by atoms with Gasteiger partial charge in [0.25, 0.3) is 5.91 Å². The lowest BCUT2D eigenvalue weighted by Gasteiger charge is -2.18. The number of anilines is 1. The van der Waals surface area contributed by atoms with Gasteiger partial charge in [-0.1, -0.05) is 18.2 Å². The molecule has 0 saturated heterocycles. The maximum atomic E-state index is 12.1. The molecule has 0 bridgehead atoms. The first-order valence-corrected chi connectivity index (χ1v) is 7.24. The number of rotatable bonds is 5. The van der Waals surface area contributed by atoms with Gasteiger partial charge in [0.1, 0.15) is 0 Å². The van der Waals surface area contributed by atoms with E-state index in [9.17, 15) is 9.59 Å². The predicted octanol–water partition coefficient (Wildman–Crippen LogP) is 2.36. The van der Waals surface area contributed by atoms with Crippen molar-refractivity contribution in [3.05, 3.63) is 52.2 Å². The van der Waals surface area contributed by atoms with Gasteiger partial charge in [-0.2, -0.15) is 0 Å². The van der Waals surface area contributed by atoms with Crippen LogP contribution >= 0.6 is 11.3 Å². The van der Waals surface area contributed by atoms with Gasteiger partial charge in [-0.25, -0.2) is 0 Å². The number of nitrogens with one attached hydrogen (secondary N) is 1. The molecule has 0 aliphatic rings. The van der Waals surface area contributed by atoms with Gasteiger partial charge in [-0.05, 0) is 29.1 Å². The maximum absolute atomic E-state index is 12.1. The Kier molecular flexibility index (Phi) is 4.94. The van der Waals surface area contributed by atoms with Crippen LogP contribution in [0.4, 0.5) is 5.69 Å². The molecule has 6 heteroatoms. The topological polar surface area (TPSA) is 81.4 Å². The average Bonchev–Trinajstić information content (AvgIpc) is 3.01. The Labute approximate surface area is 126 Å². The highest BCUT2D eigenvalue weighted by Gasteiger charge is 2.20. The molecule has 0 aliphatic heterocycles. The molecule has 1 amide bonds. The van der Waals surface area contributed by atoms with Gasteiger partial charge in [0.15, 0.2) is 0 Å². The number of esters is 1. The highest BCUT2D eigenvalue weighted by Crippen LogP contribution is 2.20.